The Bertz CT molecular complexity index is 1210. The van der Waals surface area contributed by atoms with Gasteiger partial charge in [-0.25, -0.2) is 4.98 Å². The number of carbonyl (C=O) groups excluding carboxylic acids is 2. The average molecular weight is 618 g/mol. The molecule has 1 aliphatic carbocycles. The van der Waals surface area contributed by atoms with Gasteiger partial charge < -0.3 is 19.9 Å². The summed E-state index contributed by atoms with van der Waals surface area (Å²) in [6.07, 6.45) is 15.5. The maximum Gasteiger partial charge on any atom is 0.393 e. The van der Waals surface area contributed by atoms with E-state index in [9.17, 15) is 22.8 Å². The SMILES string of the molecule is O=C(NCCCCC1CCN(C(=O)C2CC3(CCCCCCCCCC3)C(C(F)(F)F)CN2)CC1)c1ccc2nccn2c1. The Morgan fingerprint density at radius 1 is 0.977 bits per heavy atom. The number of fused-ring (bicyclic) bond motifs is 1. The van der Waals surface area contributed by atoms with Crippen LogP contribution in [0.2, 0.25) is 0 Å². The van der Waals surface area contributed by atoms with Gasteiger partial charge in [0.1, 0.15) is 5.65 Å². The van der Waals surface area contributed by atoms with Crippen molar-refractivity contribution in [3.05, 3.63) is 36.3 Å². The van der Waals surface area contributed by atoms with E-state index in [4.69, 9.17) is 0 Å². The smallest absolute Gasteiger partial charge is 0.352 e. The fourth-order valence-electron chi connectivity index (χ4n) is 8.01. The Balaban J connectivity index is 1.06. The highest BCUT2D eigenvalue weighted by Gasteiger charge is 2.56. The van der Waals surface area contributed by atoms with E-state index < -0.39 is 23.6 Å². The molecule has 2 N–H and O–H groups in total. The predicted octanol–water partition coefficient (Wildman–Crippen LogP) is 6.91. The fraction of sp³-hybridized carbons (Fsp3) is 0.735. The quantitative estimate of drug-likeness (QED) is 0.331. The van der Waals surface area contributed by atoms with Crippen LogP contribution in [0.15, 0.2) is 30.7 Å². The first kappa shape index (κ1) is 32.8. The molecule has 4 heterocycles. The third kappa shape index (κ3) is 8.34. The second-order valence-corrected chi connectivity index (χ2v) is 13.6. The molecule has 2 saturated heterocycles. The van der Waals surface area contributed by atoms with Crippen molar-refractivity contribution in [2.24, 2.45) is 17.3 Å². The number of halogens is 3. The summed E-state index contributed by atoms with van der Waals surface area (Å²) in [5, 5.41) is 6.06. The van der Waals surface area contributed by atoms with Crippen LogP contribution in [0.1, 0.15) is 113 Å². The van der Waals surface area contributed by atoms with Crippen LogP contribution in [-0.4, -0.2) is 64.5 Å². The van der Waals surface area contributed by atoms with Gasteiger partial charge in [-0.15, -0.1) is 0 Å². The summed E-state index contributed by atoms with van der Waals surface area (Å²) in [4.78, 5) is 32.3. The van der Waals surface area contributed by atoms with E-state index in [0.717, 1.165) is 76.3 Å². The van der Waals surface area contributed by atoms with Crippen molar-refractivity contribution in [3.63, 3.8) is 0 Å². The molecule has 0 aromatic carbocycles. The molecule has 2 atom stereocenters. The summed E-state index contributed by atoms with van der Waals surface area (Å²) in [5.74, 6) is -0.945. The van der Waals surface area contributed by atoms with Crippen LogP contribution in [0.3, 0.4) is 0 Å². The molecule has 3 aliphatic rings. The molecule has 2 aromatic heterocycles. The molecule has 244 valence electrons. The van der Waals surface area contributed by atoms with Crippen LogP contribution >= 0.6 is 0 Å². The Kier molecular flexibility index (Phi) is 11.3. The summed E-state index contributed by atoms with van der Waals surface area (Å²) >= 11 is 0. The number of hydrogen-bond donors (Lipinski definition) is 2. The topological polar surface area (TPSA) is 78.7 Å². The number of likely N-dealkylation sites (tertiary alicyclic amines) is 1. The number of amides is 2. The van der Waals surface area contributed by atoms with E-state index >= 15 is 0 Å². The number of alkyl halides is 3. The number of nitrogens with one attached hydrogen (secondary N) is 2. The second-order valence-electron chi connectivity index (χ2n) is 13.6. The van der Waals surface area contributed by atoms with Gasteiger partial charge in [-0.1, -0.05) is 64.2 Å². The molecule has 2 amide bonds. The Morgan fingerprint density at radius 2 is 1.66 bits per heavy atom. The number of carbonyl (C=O) groups is 2. The van der Waals surface area contributed by atoms with Gasteiger partial charge in [0.25, 0.3) is 5.91 Å². The number of hydrogen-bond acceptors (Lipinski definition) is 4. The Morgan fingerprint density at radius 3 is 2.34 bits per heavy atom. The normalized spacial score (nSPS) is 24.2. The standard InChI is InChI=1S/C34H50F3N5O2/c35-34(36,37)29-24-40-28(23-33(29)16-8-5-3-1-2-4-6-9-17-33)32(44)41-20-14-26(15-21-41)11-7-10-18-39-31(43)27-12-13-30-38-19-22-42(30)25-27/h12-13,19,22,25-26,28-29,40H,1-11,14-18,20-21,23-24H2,(H,39,43). The Hall–Kier alpha value is -2.62. The minimum Gasteiger partial charge on any atom is -0.352 e. The van der Waals surface area contributed by atoms with E-state index in [0.29, 0.717) is 50.4 Å². The molecule has 3 fully saturated rings. The van der Waals surface area contributed by atoms with E-state index in [1.165, 1.54) is 12.8 Å². The molecule has 2 unspecified atom stereocenters. The molecule has 0 radical (unpaired) electrons. The van der Waals surface area contributed by atoms with Gasteiger partial charge in [0, 0.05) is 44.8 Å². The molecule has 2 aromatic rings. The van der Waals surface area contributed by atoms with Crippen LogP contribution in [0, 0.1) is 17.3 Å². The molecular formula is C34H50F3N5O2. The summed E-state index contributed by atoms with van der Waals surface area (Å²) < 4.78 is 44.9. The number of piperidine rings is 2. The van der Waals surface area contributed by atoms with Crippen molar-refractivity contribution >= 4 is 17.5 Å². The first-order valence-electron chi connectivity index (χ1n) is 17.0. The number of pyridine rings is 1. The largest absolute Gasteiger partial charge is 0.393 e. The number of unbranched alkanes of at least 4 members (excludes halogenated alkanes) is 1. The molecule has 10 heteroatoms. The molecule has 2 aliphatic heterocycles. The van der Waals surface area contributed by atoms with Crippen molar-refractivity contribution < 1.29 is 22.8 Å². The third-order valence-electron chi connectivity index (χ3n) is 10.6. The number of imidazole rings is 1. The van der Waals surface area contributed by atoms with Crippen molar-refractivity contribution in [3.8, 4) is 0 Å². The van der Waals surface area contributed by atoms with E-state index in [1.807, 2.05) is 21.6 Å². The molecule has 1 saturated carbocycles. The average Bonchev–Trinajstić information content (AvgIpc) is 3.47. The highest BCUT2D eigenvalue weighted by atomic mass is 19.4. The molecular weight excluding hydrogens is 567 g/mol. The maximum absolute atomic E-state index is 14.3. The summed E-state index contributed by atoms with van der Waals surface area (Å²) in [6, 6.07) is 3.09. The lowest BCUT2D eigenvalue weighted by atomic mass is 9.62. The number of nitrogens with zero attached hydrogens (tertiary/aromatic N) is 3. The second kappa shape index (κ2) is 15.1. The monoisotopic (exact) mass is 617 g/mol. The minimum atomic E-state index is -4.25. The summed E-state index contributed by atoms with van der Waals surface area (Å²) in [5.41, 5.74) is 0.573. The number of aromatic nitrogens is 2. The zero-order valence-corrected chi connectivity index (χ0v) is 26.1. The molecule has 1 spiro atoms. The van der Waals surface area contributed by atoms with Gasteiger partial charge in [-0.05, 0) is 62.0 Å². The highest BCUT2D eigenvalue weighted by Crippen LogP contribution is 2.52. The third-order valence-corrected chi connectivity index (χ3v) is 10.6. The van der Waals surface area contributed by atoms with Gasteiger partial charge in [0.05, 0.1) is 17.5 Å². The summed E-state index contributed by atoms with van der Waals surface area (Å²) in [7, 11) is 0. The van der Waals surface area contributed by atoms with Crippen LogP contribution in [-0.2, 0) is 4.79 Å². The lowest BCUT2D eigenvalue weighted by Gasteiger charge is -2.49. The van der Waals surface area contributed by atoms with E-state index in [-0.39, 0.29) is 18.4 Å². The van der Waals surface area contributed by atoms with Gasteiger partial charge in [-0.3, -0.25) is 9.59 Å². The minimum absolute atomic E-state index is 0.00522. The van der Waals surface area contributed by atoms with Gasteiger partial charge in [0.2, 0.25) is 5.91 Å². The first-order valence-corrected chi connectivity index (χ1v) is 17.0. The first-order chi connectivity index (χ1) is 21.2. The zero-order valence-electron chi connectivity index (χ0n) is 26.1. The van der Waals surface area contributed by atoms with E-state index in [1.54, 1.807) is 18.5 Å². The van der Waals surface area contributed by atoms with Gasteiger partial charge >= 0.3 is 6.18 Å². The number of rotatable bonds is 7. The maximum atomic E-state index is 14.3. The molecule has 5 rings (SSSR count). The summed E-state index contributed by atoms with van der Waals surface area (Å²) in [6.45, 7) is 1.81. The van der Waals surface area contributed by atoms with Crippen molar-refractivity contribution in [2.45, 2.75) is 115 Å². The lowest BCUT2D eigenvalue weighted by Crippen LogP contribution is -2.60. The fourth-order valence-corrected chi connectivity index (χ4v) is 8.01. The van der Waals surface area contributed by atoms with E-state index in [2.05, 4.69) is 15.6 Å². The van der Waals surface area contributed by atoms with Gasteiger partial charge in [-0.2, -0.15) is 13.2 Å². The van der Waals surface area contributed by atoms with Crippen LogP contribution in [0.25, 0.3) is 5.65 Å². The lowest BCUT2D eigenvalue weighted by molar-refractivity contribution is -0.219. The highest BCUT2D eigenvalue weighted by molar-refractivity contribution is 5.94. The van der Waals surface area contributed by atoms with Crippen LogP contribution < -0.4 is 10.6 Å². The zero-order chi connectivity index (χ0) is 31.0. The van der Waals surface area contributed by atoms with Crippen molar-refractivity contribution in [1.82, 2.24) is 24.9 Å². The van der Waals surface area contributed by atoms with Crippen LogP contribution in [0.5, 0.6) is 0 Å². The Labute approximate surface area is 259 Å². The van der Waals surface area contributed by atoms with Crippen molar-refractivity contribution in [2.75, 3.05) is 26.2 Å². The van der Waals surface area contributed by atoms with Gasteiger partial charge in [0.15, 0.2) is 0 Å². The van der Waals surface area contributed by atoms with Crippen molar-refractivity contribution in [1.29, 1.82) is 0 Å². The molecule has 44 heavy (non-hydrogen) atoms. The molecule has 0 bridgehead atoms. The predicted molar refractivity (Wildman–Crippen MR) is 165 cm³/mol. The van der Waals surface area contributed by atoms with Crippen LogP contribution in [0.4, 0.5) is 13.2 Å². The molecule has 7 nitrogen and oxygen atoms in total.